The molecule has 2 aromatic heterocycles. The minimum Gasteiger partial charge on any atom is -0.384 e. The number of aryl methyl sites for hydroxylation is 1. The van der Waals surface area contributed by atoms with Gasteiger partial charge in [-0.25, -0.2) is 0 Å². The van der Waals surface area contributed by atoms with E-state index in [-0.39, 0.29) is 5.91 Å². The Morgan fingerprint density at radius 3 is 2.95 bits per heavy atom. The molecule has 0 atom stereocenters. The van der Waals surface area contributed by atoms with Crippen LogP contribution in [0.1, 0.15) is 28.7 Å². The maximum atomic E-state index is 12.2. The molecule has 1 amide bonds. The molecule has 19 heavy (non-hydrogen) atoms. The molecule has 0 aliphatic rings. The Bertz CT molecular complexity index is 569. The first-order valence-corrected chi connectivity index (χ1v) is 6.81. The molecular weight excluding hydrogens is 262 g/mol. The topological polar surface area (TPSA) is 79.8 Å². The van der Waals surface area contributed by atoms with E-state index in [0.29, 0.717) is 10.7 Å². The predicted molar refractivity (Wildman–Crippen MR) is 75.6 cm³/mol. The number of hydrogen-bond donors (Lipinski definition) is 2. The fraction of sp³-hybridized carbons (Fsp3) is 0.333. The van der Waals surface area contributed by atoms with Crippen molar-refractivity contribution in [3.05, 3.63) is 29.0 Å². The summed E-state index contributed by atoms with van der Waals surface area (Å²) in [5.74, 6) is -0.233. The lowest BCUT2D eigenvalue weighted by molar-refractivity contribution is 0.102. The zero-order valence-corrected chi connectivity index (χ0v) is 11.6. The molecule has 7 heteroatoms. The Labute approximate surface area is 115 Å². The van der Waals surface area contributed by atoms with E-state index in [1.807, 2.05) is 6.92 Å². The number of amides is 1. The van der Waals surface area contributed by atoms with Crippen LogP contribution >= 0.6 is 11.3 Å². The number of carbonyl (C=O) groups is 1. The Morgan fingerprint density at radius 2 is 2.26 bits per heavy atom. The third-order valence-corrected chi connectivity index (χ3v) is 3.13. The molecule has 100 valence electrons. The van der Waals surface area contributed by atoms with Gasteiger partial charge >= 0.3 is 0 Å². The molecule has 0 aliphatic carbocycles. The minimum atomic E-state index is -0.233. The smallest absolute Gasteiger partial charge is 0.261 e. The molecule has 2 aromatic rings. The molecule has 0 aliphatic heterocycles. The number of hydrogen-bond acceptors (Lipinski definition) is 6. The summed E-state index contributed by atoms with van der Waals surface area (Å²) in [4.78, 5) is 16.1. The zero-order valence-electron chi connectivity index (χ0n) is 10.8. The van der Waals surface area contributed by atoms with Crippen molar-refractivity contribution < 1.29 is 4.79 Å². The summed E-state index contributed by atoms with van der Waals surface area (Å²) in [7, 11) is 0. The predicted octanol–water partition coefficient (Wildman–Crippen LogP) is 2.32. The molecule has 0 bridgehead atoms. The normalized spacial score (nSPS) is 10.2. The fourth-order valence-corrected chi connectivity index (χ4v) is 2.09. The van der Waals surface area contributed by atoms with Crippen molar-refractivity contribution >= 4 is 28.1 Å². The molecule has 0 unspecified atom stereocenters. The number of pyridine rings is 1. The van der Waals surface area contributed by atoms with Gasteiger partial charge in [-0.1, -0.05) is 18.3 Å². The minimum absolute atomic E-state index is 0.233. The van der Waals surface area contributed by atoms with E-state index in [0.717, 1.165) is 23.7 Å². The molecule has 6 nitrogen and oxygen atoms in total. The number of aromatic nitrogens is 3. The summed E-state index contributed by atoms with van der Waals surface area (Å²) in [5.41, 5.74) is 1.28. The lowest BCUT2D eigenvalue weighted by atomic mass is 10.2. The van der Waals surface area contributed by atoms with Crippen molar-refractivity contribution in [2.45, 2.75) is 20.3 Å². The number of rotatable bonds is 5. The van der Waals surface area contributed by atoms with E-state index in [9.17, 15) is 4.79 Å². The van der Waals surface area contributed by atoms with Gasteiger partial charge in [0, 0.05) is 18.9 Å². The van der Waals surface area contributed by atoms with E-state index < -0.39 is 0 Å². The Kier molecular flexibility index (Phi) is 4.40. The van der Waals surface area contributed by atoms with Gasteiger partial charge in [0.2, 0.25) is 5.13 Å². The van der Waals surface area contributed by atoms with Crippen molar-refractivity contribution in [2.75, 3.05) is 17.2 Å². The summed E-state index contributed by atoms with van der Waals surface area (Å²) in [6.45, 7) is 4.71. The molecule has 2 rings (SSSR count). The molecule has 0 radical (unpaired) electrons. The first kappa shape index (κ1) is 13.4. The monoisotopic (exact) mass is 277 g/mol. The standard InChI is InChI=1S/C12H15N5OS/c1-3-5-14-10-4-6-13-7-9(10)11(18)15-12-17-16-8(2)19-12/h4,6-7H,3,5H2,1-2H3,(H,13,14)(H,15,17,18). The van der Waals surface area contributed by atoms with Gasteiger partial charge in [0.1, 0.15) is 5.01 Å². The van der Waals surface area contributed by atoms with Crippen LogP contribution < -0.4 is 10.6 Å². The first-order valence-electron chi connectivity index (χ1n) is 6.00. The Balaban J connectivity index is 2.14. The Hall–Kier alpha value is -2.02. The number of carbonyl (C=O) groups excluding carboxylic acids is 1. The van der Waals surface area contributed by atoms with Crippen molar-refractivity contribution in [2.24, 2.45) is 0 Å². The van der Waals surface area contributed by atoms with Crippen LogP contribution in [0.5, 0.6) is 0 Å². The first-order chi connectivity index (χ1) is 9.20. The van der Waals surface area contributed by atoms with Gasteiger partial charge in [0.25, 0.3) is 5.91 Å². The largest absolute Gasteiger partial charge is 0.384 e. The third kappa shape index (κ3) is 3.47. The van der Waals surface area contributed by atoms with Crippen LogP contribution in [0.4, 0.5) is 10.8 Å². The molecule has 0 fully saturated rings. The molecule has 0 aromatic carbocycles. The lowest BCUT2D eigenvalue weighted by Gasteiger charge is -2.09. The van der Waals surface area contributed by atoms with Gasteiger partial charge in [0.05, 0.1) is 11.3 Å². The average molecular weight is 277 g/mol. The maximum Gasteiger partial charge on any atom is 0.261 e. The van der Waals surface area contributed by atoms with Crippen molar-refractivity contribution in [3.63, 3.8) is 0 Å². The zero-order chi connectivity index (χ0) is 13.7. The highest BCUT2D eigenvalue weighted by Gasteiger charge is 2.13. The van der Waals surface area contributed by atoms with Gasteiger partial charge in [0.15, 0.2) is 0 Å². The summed E-state index contributed by atoms with van der Waals surface area (Å²) in [6, 6.07) is 1.79. The van der Waals surface area contributed by atoms with Gasteiger partial charge in [-0.3, -0.25) is 15.1 Å². The van der Waals surface area contributed by atoms with E-state index in [2.05, 4.69) is 32.7 Å². The maximum absolute atomic E-state index is 12.2. The third-order valence-electron chi connectivity index (χ3n) is 2.38. The highest BCUT2D eigenvalue weighted by molar-refractivity contribution is 7.15. The van der Waals surface area contributed by atoms with Crippen molar-refractivity contribution in [1.82, 2.24) is 15.2 Å². The number of anilines is 2. The summed E-state index contributed by atoms with van der Waals surface area (Å²) in [5, 5.41) is 15.0. The number of nitrogens with one attached hydrogen (secondary N) is 2. The summed E-state index contributed by atoms with van der Waals surface area (Å²) in [6.07, 6.45) is 4.18. The van der Waals surface area contributed by atoms with Crippen LogP contribution in [0.25, 0.3) is 0 Å². The van der Waals surface area contributed by atoms with Gasteiger partial charge in [-0.2, -0.15) is 0 Å². The molecule has 0 spiro atoms. The van der Waals surface area contributed by atoms with Crippen molar-refractivity contribution in [3.8, 4) is 0 Å². The second kappa shape index (κ2) is 6.24. The second-order valence-electron chi connectivity index (χ2n) is 3.93. The van der Waals surface area contributed by atoms with E-state index in [4.69, 9.17) is 0 Å². The highest BCUT2D eigenvalue weighted by atomic mass is 32.1. The van der Waals surface area contributed by atoms with Crippen LogP contribution in [0.2, 0.25) is 0 Å². The lowest BCUT2D eigenvalue weighted by Crippen LogP contribution is -2.15. The summed E-state index contributed by atoms with van der Waals surface area (Å²) >= 11 is 1.34. The molecule has 2 heterocycles. The van der Waals surface area contributed by atoms with Crippen LogP contribution in [0, 0.1) is 6.92 Å². The van der Waals surface area contributed by atoms with Gasteiger partial charge < -0.3 is 5.32 Å². The SMILES string of the molecule is CCCNc1ccncc1C(=O)Nc1nnc(C)s1. The van der Waals surface area contributed by atoms with Gasteiger partial charge in [-0.15, -0.1) is 10.2 Å². The van der Waals surface area contributed by atoms with E-state index >= 15 is 0 Å². The molecule has 0 saturated carbocycles. The van der Waals surface area contributed by atoms with E-state index in [1.165, 1.54) is 11.3 Å². The van der Waals surface area contributed by atoms with Crippen LogP contribution in [-0.4, -0.2) is 27.6 Å². The van der Waals surface area contributed by atoms with Crippen LogP contribution in [0.15, 0.2) is 18.5 Å². The Morgan fingerprint density at radius 1 is 1.42 bits per heavy atom. The average Bonchev–Trinajstić information content (AvgIpc) is 2.82. The van der Waals surface area contributed by atoms with Gasteiger partial charge in [-0.05, 0) is 19.4 Å². The number of nitrogens with zero attached hydrogens (tertiary/aromatic N) is 3. The van der Waals surface area contributed by atoms with Crippen LogP contribution in [-0.2, 0) is 0 Å². The second-order valence-corrected chi connectivity index (χ2v) is 5.11. The van der Waals surface area contributed by atoms with E-state index in [1.54, 1.807) is 18.5 Å². The summed E-state index contributed by atoms with van der Waals surface area (Å²) < 4.78 is 0. The quantitative estimate of drug-likeness (QED) is 0.876. The highest BCUT2D eigenvalue weighted by Crippen LogP contribution is 2.18. The fourth-order valence-electron chi connectivity index (χ4n) is 1.50. The molecule has 0 saturated heterocycles. The van der Waals surface area contributed by atoms with Crippen molar-refractivity contribution in [1.29, 1.82) is 0 Å². The molecular formula is C12H15N5OS. The molecule has 2 N–H and O–H groups in total. The van der Waals surface area contributed by atoms with Crippen LogP contribution in [0.3, 0.4) is 0 Å².